The van der Waals surface area contributed by atoms with Gasteiger partial charge < -0.3 is 15.4 Å². The van der Waals surface area contributed by atoms with Crippen LogP contribution in [-0.4, -0.2) is 24.9 Å². The van der Waals surface area contributed by atoms with Crippen LogP contribution < -0.4 is 10.6 Å². The third kappa shape index (κ3) is 4.71. The largest absolute Gasteiger partial charge is 0.383 e. The van der Waals surface area contributed by atoms with Gasteiger partial charge in [-0.25, -0.2) is 0 Å². The van der Waals surface area contributed by atoms with Crippen LogP contribution in [0, 0.1) is 13.8 Å². The molecule has 94 valence electrons. The van der Waals surface area contributed by atoms with E-state index in [4.69, 9.17) is 17.0 Å². The molecule has 0 saturated heterocycles. The first-order valence-corrected chi connectivity index (χ1v) is 6.07. The topological polar surface area (TPSA) is 33.3 Å². The zero-order chi connectivity index (χ0) is 12.8. The molecule has 0 unspecified atom stereocenters. The monoisotopic (exact) mass is 252 g/mol. The highest BCUT2D eigenvalue weighted by atomic mass is 32.1. The molecule has 1 aromatic carbocycles. The standard InChI is InChI=1S/C13H20N2OS/c1-9-5-6-12(7-10(9)2)15-13(17)14-11(3)8-16-4/h5-7,11H,8H2,1-4H3,(H2,14,15,17)/t11-/m0/s1. The Kier molecular flexibility index (Phi) is 5.38. The van der Waals surface area contributed by atoms with Crippen LogP contribution in [0.25, 0.3) is 0 Å². The molecule has 0 aliphatic heterocycles. The molecule has 4 heteroatoms. The molecule has 0 aliphatic carbocycles. The van der Waals surface area contributed by atoms with Crippen molar-refractivity contribution >= 4 is 23.0 Å². The van der Waals surface area contributed by atoms with Gasteiger partial charge in [-0.1, -0.05) is 6.07 Å². The number of anilines is 1. The van der Waals surface area contributed by atoms with E-state index < -0.39 is 0 Å². The lowest BCUT2D eigenvalue weighted by Gasteiger charge is -2.16. The van der Waals surface area contributed by atoms with Crippen LogP contribution in [0.15, 0.2) is 18.2 Å². The Morgan fingerprint density at radius 3 is 2.65 bits per heavy atom. The summed E-state index contributed by atoms with van der Waals surface area (Å²) >= 11 is 5.22. The highest BCUT2D eigenvalue weighted by Crippen LogP contribution is 2.13. The minimum Gasteiger partial charge on any atom is -0.383 e. The summed E-state index contributed by atoms with van der Waals surface area (Å²) in [5, 5.41) is 6.95. The van der Waals surface area contributed by atoms with Gasteiger partial charge in [-0.15, -0.1) is 0 Å². The Bertz CT molecular complexity index is 393. The number of hydrogen-bond donors (Lipinski definition) is 2. The van der Waals surface area contributed by atoms with Crippen LogP contribution >= 0.6 is 12.2 Å². The molecule has 0 heterocycles. The first-order valence-electron chi connectivity index (χ1n) is 5.66. The maximum atomic E-state index is 5.22. The van der Waals surface area contributed by atoms with Crippen molar-refractivity contribution < 1.29 is 4.74 Å². The van der Waals surface area contributed by atoms with E-state index in [-0.39, 0.29) is 6.04 Å². The van der Waals surface area contributed by atoms with Crippen LogP contribution in [-0.2, 0) is 4.74 Å². The van der Waals surface area contributed by atoms with Crippen molar-refractivity contribution in [1.29, 1.82) is 0 Å². The van der Waals surface area contributed by atoms with Crippen molar-refractivity contribution in [3.8, 4) is 0 Å². The third-order valence-corrected chi connectivity index (χ3v) is 2.78. The van der Waals surface area contributed by atoms with E-state index in [1.54, 1.807) is 7.11 Å². The third-order valence-electron chi connectivity index (χ3n) is 2.56. The molecule has 0 saturated carbocycles. The lowest BCUT2D eigenvalue weighted by atomic mass is 10.1. The minimum atomic E-state index is 0.201. The van der Waals surface area contributed by atoms with Crippen LogP contribution in [0.5, 0.6) is 0 Å². The van der Waals surface area contributed by atoms with E-state index in [1.165, 1.54) is 11.1 Å². The Labute approximate surface area is 109 Å². The number of hydrogen-bond acceptors (Lipinski definition) is 2. The van der Waals surface area contributed by atoms with Crippen molar-refractivity contribution in [1.82, 2.24) is 5.32 Å². The van der Waals surface area contributed by atoms with Crippen molar-refractivity contribution in [3.63, 3.8) is 0 Å². The van der Waals surface area contributed by atoms with E-state index in [9.17, 15) is 0 Å². The van der Waals surface area contributed by atoms with Crippen LogP contribution in [0.1, 0.15) is 18.1 Å². The average Bonchev–Trinajstić information content (AvgIpc) is 2.23. The van der Waals surface area contributed by atoms with Crippen LogP contribution in [0.3, 0.4) is 0 Å². The molecule has 2 N–H and O–H groups in total. The first-order chi connectivity index (χ1) is 8.02. The van der Waals surface area contributed by atoms with Crippen molar-refractivity contribution in [2.45, 2.75) is 26.8 Å². The lowest BCUT2D eigenvalue weighted by molar-refractivity contribution is 0.179. The summed E-state index contributed by atoms with van der Waals surface area (Å²) in [6.45, 7) is 6.84. The van der Waals surface area contributed by atoms with Gasteiger partial charge in [-0.2, -0.15) is 0 Å². The second-order valence-electron chi connectivity index (χ2n) is 4.25. The second kappa shape index (κ2) is 6.57. The summed E-state index contributed by atoms with van der Waals surface area (Å²) < 4.78 is 5.04. The number of rotatable bonds is 4. The molecular weight excluding hydrogens is 232 g/mol. The van der Waals surface area contributed by atoms with Crippen LogP contribution in [0.2, 0.25) is 0 Å². The molecule has 0 bridgehead atoms. The minimum absolute atomic E-state index is 0.201. The molecule has 3 nitrogen and oxygen atoms in total. The molecule has 1 aromatic rings. The van der Waals surface area contributed by atoms with Gasteiger partial charge in [0.15, 0.2) is 5.11 Å². The molecule has 1 rings (SSSR count). The molecular formula is C13H20N2OS. The zero-order valence-electron chi connectivity index (χ0n) is 10.8. The molecule has 0 aromatic heterocycles. The maximum absolute atomic E-state index is 5.22. The predicted octanol–water partition coefficient (Wildman–Crippen LogP) is 2.62. The Morgan fingerprint density at radius 2 is 2.06 bits per heavy atom. The van der Waals surface area contributed by atoms with Crippen molar-refractivity contribution in [2.24, 2.45) is 0 Å². The summed E-state index contributed by atoms with van der Waals surface area (Å²) in [5.41, 5.74) is 3.54. The number of methoxy groups -OCH3 is 1. The molecule has 0 aliphatic rings. The predicted molar refractivity (Wildman–Crippen MR) is 76.6 cm³/mol. The summed E-state index contributed by atoms with van der Waals surface area (Å²) in [4.78, 5) is 0. The van der Waals surface area contributed by atoms with E-state index in [0.29, 0.717) is 11.7 Å². The average molecular weight is 252 g/mol. The molecule has 17 heavy (non-hydrogen) atoms. The fourth-order valence-electron chi connectivity index (χ4n) is 1.50. The van der Waals surface area contributed by atoms with E-state index in [2.05, 4.69) is 36.6 Å². The summed E-state index contributed by atoms with van der Waals surface area (Å²) in [6.07, 6.45) is 0. The lowest BCUT2D eigenvalue weighted by Crippen LogP contribution is -2.38. The van der Waals surface area contributed by atoms with Crippen LogP contribution in [0.4, 0.5) is 5.69 Å². The SMILES string of the molecule is COC[C@H](C)NC(=S)Nc1ccc(C)c(C)c1. The Hall–Kier alpha value is -1.13. The normalized spacial score (nSPS) is 12.0. The molecule has 0 radical (unpaired) electrons. The fraction of sp³-hybridized carbons (Fsp3) is 0.462. The quantitative estimate of drug-likeness (QED) is 0.807. The Balaban J connectivity index is 2.53. The summed E-state index contributed by atoms with van der Waals surface area (Å²) in [7, 11) is 1.68. The van der Waals surface area contributed by atoms with E-state index in [0.717, 1.165) is 5.69 Å². The Morgan fingerprint density at radius 1 is 1.35 bits per heavy atom. The second-order valence-corrected chi connectivity index (χ2v) is 4.66. The van der Waals surface area contributed by atoms with Gasteiger partial charge in [0.2, 0.25) is 0 Å². The summed E-state index contributed by atoms with van der Waals surface area (Å²) in [5.74, 6) is 0. The highest BCUT2D eigenvalue weighted by molar-refractivity contribution is 7.80. The first kappa shape index (κ1) is 13.9. The number of nitrogens with one attached hydrogen (secondary N) is 2. The molecule has 1 atom stereocenters. The fourth-order valence-corrected chi connectivity index (χ4v) is 1.82. The van der Waals surface area contributed by atoms with Gasteiger partial charge >= 0.3 is 0 Å². The number of aryl methyl sites for hydroxylation is 2. The van der Waals surface area contributed by atoms with E-state index in [1.807, 2.05) is 13.0 Å². The zero-order valence-corrected chi connectivity index (χ0v) is 11.6. The number of benzene rings is 1. The van der Waals surface area contributed by atoms with Gasteiger partial charge in [-0.3, -0.25) is 0 Å². The maximum Gasteiger partial charge on any atom is 0.171 e. The van der Waals surface area contributed by atoms with Crippen molar-refractivity contribution in [2.75, 3.05) is 19.0 Å². The highest BCUT2D eigenvalue weighted by Gasteiger charge is 2.04. The van der Waals surface area contributed by atoms with E-state index >= 15 is 0 Å². The van der Waals surface area contributed by atoms with Crippen molar-refractivity contribution in [3.05, 3.63) is 29.3 Å². The smallest absolute Gasteiger partial charge is 0.171 e. The van der Waals surface area contributed by atoms with Gasteiger partial charge in [0.05, 0.1) is 6.61 Å². The van der Waals surface area contributed by atoms with Gasteiger partial charge in [0.25, 0.3) is 0 Å². The molecule has 0 amide bonds. The number of thiocarbonyl (C=S) groups is 1. The molecule has 0 spiro atoms. The number of ether oxygens (including phenoxy) is 1. The molecule has 0 fully saturated rings. The van der Waals surface area contributed by atoms with Gasteiger partial charge in [-0.05, 0) is 56.2 Å². The summed E-state index contributed by atoms with van der Waals surface area (Å²) in [6, 6.07) is 6.40. The van der Waals surface area contributed by atoms with Gasteiger partial charge in [0.1, 0.15) is 0 Å². The van der Waals surface area contributed by atoms with Gasteiger partial charge in [0, 0.05) is 18.8 Å².